The number of halogens is 1. The summed E-state index contributed by atoms with van der Waals surface area (Å²) in [5.41, 5.74) is 3.65. The van der Waals surface area contributed by atoms with Crippen LogP contribution in [0.1, 0.15) is 29.2 Å². The summed E-state index contributed by atoms with van der Waals surface area (Å²) in [5.74, 6) is 2.70. The highest BCUT2D eigenvalue weighted by atomic mass is 35.5. The van der Waals surface area contributed by atoms with E-state index >= 15 is 0 Å². The Bertz CT molecular complexity index is 889. The van der Waals surface area contributed by atoms with Crippen molar-refractivity contribution in [3.63, 3.8) is 0 Å². The maximum atomic E-state index is 13.3. The van der Waals surface area contributed by atoms with E-state index in [2.05, 4.69) is 41.4 Å². The number of rotatable bonds is 6. The van der Waals surface area contributed by atoms with Crippen molar-refractivity contribution in [2.24, 2.45) is 11.8 Å². The highest BCUT2D eigenvalue weighted by Crippen LogP contribution is 2.43. The Hall–Kier alpha value is -2.24. The number of likely N-dealkylation sites (tertiary alicyclic amines) is 1. The summed E-state index contributed by atoms with van der Waals surface area (Å²) in [6.45, 7) is 4.99. The number of carbonyl (C=O) groups excluding carboxylic acids is 1. The van der Waals surface area contributed by atoms with Crippen LogP contribution in [0.5, 0.6) is 11.5 Å². The van der Waals surface area contributed by atoms with E-state index in [9.17, 15) is 4.79 Å². The van der Waals surface area contributed by atoms with Crippen LogP contribution >= 0.6 is 12.4 Å². The minimum Gasteiger partial charge on any atom is -0.493 e. The summed E-state index contributed by atoms with van der Waals surface area (Å²) in [6.07, 6.45) is 1.20. The molecule has 1 amide bonds. The normalized spacial score (nSPS) is 22.4. The Morgan fingerprint density at radius 3 is 2.60 bits per heavy atom. The minimum absolute atomic E-state index is 0. The molecule has 0 aliphatic carbocycles. The van der Waals surface area contributed by atoms with Gasteiger partial charge in [0.2, 0.25) is 5.91 Å². The second-order valence-corrected chi connectivity index (χ2v) is 8.12. The Morgan fingerprint density at radius 1 is 1.10 bits per heavy atom. The molecule has 162 valence electrons. The van der Waals surface area contributed by atoms with E-state index in [1.807, 2.05) is 18.2 Å². The molecule has 0 radical (unpaired) electrons. The van der Waals surface area contributed by atoms with Gasteiger partial charge in [-0.3, -0.25) is 4.79 Å². The van der Waals surface area contributed by atoms with E-state index in [-0.39, 0.29) is 24.4 Å². The molecule has 2 aliphatic rings. The number of ether oxygens (including phenoxy) is 2. The smallest absolute Gasteiger partial charge is 0.223 e. The first-order valence-electron chi connectivity index (χ1n) is 10.4. The van der Waals surface area contributed by atoms with Gasteiger partial charge in [0.25, 0.3) is 0 Å². The standard InChI is InChI=1S/C24H30N2O3.ClH/c1-16-6-4-5-7-19(16)24-20-14-25-13-18(20)15-26(24)23(27)11-9-17-8-10-21(28-2)22(12-17)29-3;/h4-8,10,12,18,20,24-25H,9,11,13-15H2,1-3H3;1H/t18-,20-,24-;/m0./s1. The van der Waals surface area contributed by atoms with E-state index in [0.717, 1.165) is 25.2 Å². The molecular weight excluding hydrogens is 400 g/mol. The summed E-state index contributed by atoms with van der Waals surface area (Å²) in [4.78, 5) is 15.4. The molecule has 0 aromatic heterocycles. The van der Waals surface area contributed by atoms with E-state index in [1.54, 1.807) is 14.2 Å². The van der Waals surface area contributed by atoms with Gasteiger partial charge >= 0.3 is 0 Å². The van der Waals surface area contributed by atoms with Gasteiger partial charge in [-0.15, -0.1) is 12.4 Å². The fraction of sp³-hybridized carbons (Fsp3) is 0.458. The van der Waals surface area contributed by atoms with Gasteiger partial charge in [0, 0.05) is 32.0 Å². The number of carbonyl (C=O) groups is 1. The lowest BCUT2D eigenvalue weighted by molar-refractivity contribution is -0.132. The number of nitrogens with one attached hydrogen (secondary N) is 1. The van der Waals surface area contributed by atoms with Gasteiger partial charge in [-0.1, -0.05) is 30.3 Å². The molecule has 2 heterocycles. The molecule has 2 aromatic rings. The molecule has 4 rings (SSSR count). The van der Waals surface area contributed by atoms with Gasteiger partial charge in [0.15, 0.2) is 11.5 Å². The van der Waals surface area contributed by atoms with Crippen LogP contribution in [0.3, 0.4) is 0 Å². The average molecular weight is 431 g/mol. The molecule has 0 unspecified atom stereocenters. The summed E-state index contributed by atoms with van der Waals surface area (Å²) >= 11 is 0. The Labute approximate surface area is 185 Å². The number of benzene rings is 2. The molecule has 5 nitrogen and oxygen atoms in total. The number of amides is 1. The predicted molar refractivity (Wildman–Crippen MR) is 121 cm³/mol. The summed E-state index contributed by atoms with van der Waals surface area (Å²) in [7, 11) is 3.27. The molecule has 2 aromatic carbocycles. The highest BCUT2D eigenvalue weighted by molar-refractivity contribution is 5.85. The first-order chi connectivity index (χ1) is 14.1. The van der Waals surface area contributed by atoms with E-state index in [1.165, 1.54) is 11.1 Å². The van der Waals surface area contributed by atoms with Crippen molar-refractivity contribution >= 4 is 18.3 Å². The average Bonchev–Trinajstić information content (AvgIpc) is 3.33. The summed E-state index contributed by atoms with van der Waals surface area (Å²) in [6, 6.07) is 14.6. The van der Waals surface area contributed by atoms with Crippen LogP contribution in [0.15, 0.2) is 42.5 Å². The third-order valence-electron chi connectivity index (χ3n) is 6.47. The lowest BCUT2D eigenvalue weighted by atomic mass is 9.87. The minimum atomic E-state index is 0. The van der Waals surface area contributed by atoms with Crippen molar-refractivity contribution in [1.29, 1.82) is 0 Å². The molecule has 0 bridgehead atoms. The van der Waals surface area contributed by atoms with Crippen LogP contribution < -0.4 is 14.8 Å². The Balaban J connectivity index is 0.00000256. The van der Waals surface area contributed by atoms with Gasteiger partial charge in [-0.2, -0.15) is 0 Å². The molecule has 30 heavy (non-hydrogen) atoms. The number of nitrogens with zero attached hydrogens (tertiary/aromatic N) is 1. The summed E-state index contributed by atoms with van der Waals surface area (Å²) < 4.78 is 10.7. The highest BCUT2D eigenvalue weighted by Gasteiger charge is 2.46. The fourth-order valence-corrected chi connectivity index (χ4v) is 4.93. The van der Waals surface area contributed by atoms with Crippen LogP contribution in [-0.2, 0) is 11.2 Å². The van der Waals surface area contributed by atoms with Crippen LogP contribution in [0, 0.1) is 18.8 Å². The third kappa shape index (κ3) is 4.28. The fourth-order valence-electron chi connectivity index (χ4n) is 4.93. The maximum absolute atomic E-state index is 13.3. The number of fused-ring (bicyclic) bond motifs is 1. The first-order valence-corrected chi connectivity index (χ1v) is 10.4. The van der Waals surface area contributed by atoms with Crippen molar-refractivity contribution in [2.45, 2.75) is 25.8 Å². The molecule has 2 fully saturated rings. The topological polar surface area (TPSA) is 50.8 Å². The third-order valence-corrected chi connectivity index (χ3v) is 6.47. The number of aryl methyl sites for hydroxylation is 2. The molecule has 2 aliphatic heterocycles. The van der Waals surface area contributed by atoms with Crippen molar-refractivity contribution in [2.75, 3.05) is 33.9 Å². The van der Waals surface area contributed by atoms with Crippen LogP contribution in [0.4, 0.5) is 0 Å². The van der Waals surface area contributed by atoms with Crippen molar-refractivity contribution < 1.29 is 14.3 Å². The van der Waals surface area contributed by atoms with Gasteiger partial charge in [0.05, 0.1) is 20.3 Å². The molecule has 2 saturated heterocycles. The van der Waals surface area contributed by atoms with Gasteiger partial charge in [0.1, 0.15) is 0 Å². The maximum Gasteiger partial charge on any atom is 0.223 e. The largest absolute Gasteiger partial charge is 0.493 e. The van der Waals surface area contributed by atoms with Gasteiger partial charge in [-0.05, 0) is 48.1 Å². The van der Waals surface area contributed by atoms with Crippen LogP contribution in [0.25, 0.3) is 0 Å². The zero-order chi connectivity index (χ0) is 20.4. The molecule has 3 atom stereocenters. The lowest BCUT2D eigenvalue weighted by Crippen LogP contribution is -2.35. The number of methoxy groups -OCH3 is 2. The molecular formula is C24H31ClN2O3. The van der Waals surface area contributed by atoms with Gasteiger partial charge in [-0.25, -0.2) is 0 Å². The summed E-state index contributed by atoms with van der Waals surface area (Å²) in [5, 5.41) is 3.52. The second-order valence-electron chi connectivity index (χ2n) is 8.12. The van der Waals surface area contributed by atoms with Crippen LogP contribution in [-0.4, -0.2) is 44.7 Å². The molecule has 0 saturated carbocycles. The zero-order valence-electron chi connectivity index (χ0n) is 17.9. The van der Waals surface area contributed by atoms with E-state index in [0.29, 0.717) is 36.2 Å². The number of hydrogen-bond donors (Lipinski definition) is 1. The van der Waals surface area contributed by atoms with Crippen molar-refractivity contribution in [3.8, 4) is 11.5 Å². The van der Waals surface area contributed by atoms with Gasteiger partial charge < -0.3 is 19.7 Å². The predicted octanol–water partition coefficient (Wildman–Crippen LogP) is 3.79. The molecule has 0 spiro atoms. The van der Waals surface area contributed by atoms with Crippen LogP contribution in [0.2, 0.25) is 0 Å². The Kier molecular flexibility index (Phi) is 7.27. The van der Waals surface area contributed by atoms with E-state index in [4.69, 9.17) is 9.47 Å². The van der Waals surface area contributed by atoms with E-state index < -0.39 is 0 Å². The lowest BCUT2D eigenvalue weighted by Gasteiger charge is -2.29. The monoisotopic (exact) mass is 430 g/mol. The second kappa shape index (κ2) is 9.71. The SMILES string of the molecule is COc1ccc(CCC(=O)N2C[C@@H]3CNC[C@@H]3[C@@H]2c2ccccc2C)cc1OC.Cl. The zero-order valence-corrected chi connectivity index (χ0v) is 18.7. The Morgan fingerprint density at radius 2 is 1.87 bits per heavy atom. The van der Waals surface area contributed by atoms with Crippen molar-refractivity contribution in [1.82, 2.24) is 10.2 Å². The van der Waals surface area contributed by atoms with Crippen molar-refractivity contribution in [3.05, 3.63) is 59.2 Å². The number of hydrogen-bond acceptors (Lipinski definition) is 4. The quantitative estimate of drug-likeness (QED) is 0.757. The molecule has 1 N–H and O–H groups in total. The molecule has 6 heteroatoms. The first kappa shape index (κ1) is 22.4.